The number of methoxy groups -OCH3 is 1. The maximum atomic E-state index is 12.2. The van der Waals surface area contributed by atoms with Crippen molar-refractivity contribution in [2.24, 2.45) is 0 Å². The Kier molecular flexibility index (Phi) is 7.89. The van der Waals surface area contributed by atoms with Crippen LogP contribution in [0, 0.1) is 0 Å². The van der Waals surface area contributed by atoms with Crippen molar-refractivity contribution < 1.29 is 9.53 Å². The Morgan fingerprint density at radius 3 is 2.65 bits per heavy atom. The molecule has 0 aliphatic heterocycles. The predicted molar refractivity (Wildman–Crippen MR) is 147 cm³/mol. The zero-order valence-electron chi connectivity index (χ0n) is 21.4. The number of likely N-dealkylation sites (N-methyl/N-ethyl adjacent to an activating group) is 2. The molecule has 0 fully saturated rings. The molecule has 0 spiro atoms. The number of nitrogens with zero attached hydrogens (tertiary/aromatic N) is 6. The maximum absolute atomic E-state index is 12.2. The number of aromatic nitrogens is 4. The Morgan fingerprint density at radius 1 is 1.05 bits per heavy atom. The summed E-state index contributed by atoms with van der Waals surface area (Å²) >= 11 is 0. The molecular formula is C27H30N8O2. The molecule has 0 aliphatic carbocycles. The first-order valence-corrected chi connectivity index (χ1v) is 11.7. The average molecular weight is 499 g/mol. The Hall–Kier alpha value is -4.57. The van der Waals surface area contributed by atoms with Crippen LogP contribution in [-0.4, -0.2) is 72.1 Å². The molecule has 2 aromatic heterocycles. The third-order valence-corrected chi connectivity index (χ3v) is 5.74. The van der Waals surface area contributed by atoms with E-state index in [1.165, 1.54) is 12.4 Å². The Labute approximate surface area is 216 Å². The first kappa shape index (κ1) is 25.5. The van der Waals surface area contributed by atoms with E-state index in [0.717, 1.165) is 35.2 Å². The lowest BCUT2D eigenvalue weighted by molar-refractivity contribution is -0.111. The molecule has 0 bridgehead atoms. The Morgan fingerprint density at radius 2 is 1.89 bits per heavy atom. The van der Waals surface area contributed by atoms with Crippen molar-refractivity contribution in [3.8, 4) is 17.1 Å². The molecule has 2 N–H and O–H groups in total. The summed E-state index contributed by atoms with van der Waals surface area (Å²) in [5, 5.41) is 7.14. The Bertz CT molecular complexity index is 1420. The molecule has 4 rings (SSSR count). The van der Waals surface area contributed by atoms with Gasteiger partial charge < -0.3 is 25.2 Å². The molecule has 4 aromatic rings. The number of ether oxygens (including phenoxy) is 1. The number of carbonyl (C=O) groups is 1. The van der Waals surface area contributed by atoms with E-state index >= 15 is 0 Å². The van der Waals surface area contributed by atoms with Gasteiger partial charge >= 0.3 is 0 Å². The molecular weight excluding hydrogens is 468 g/mol. The van der Waals surface area contributed by atoms with Gasteiger partial charge in [-0.3, -0.25) is 9.78 Å². The van der Waals surface area contributed by atoms with Gasteiger partial charge in [-0.15, -0.1) is 0 Å². The molecule has 37 heavy (non-hydrogen) atoms. The van der Waals surface area contributed by atoms with Crippen LogP contribution in [0.4, 0.5) is 23.0 Å². The van der Waals surface area contributed by atoms with Crippen molar-refractivity contribution in [2.75, 3.05) is 56.9 Å². The molecule has 0 saturated carbocycles. The van der Waals surface area contributed by atoms with Crippen LogP contribution in [-0.2, 0) is 4.79 Å². The molecule has 190 valence electrons. The quantitative estimate of drug-likeness (QED) is 0.314. The van der Waals surface area contributed by atoms with Crippen LogP contribution in [0.2, 0.25) is 0 Å². The molecule has 1 amide bonds. The van der Waals surface area contributed by atoms with Crippen LogP contribution in [0.15, 0.2) is 67.6 Å². The fraction of sp³-hybridized carbons (Fsp3) is 0.222. The highest BCUT2D eigenvalue weighted by atomic mass is 16.5. The van der Waals surface area contributed by atoms with Crippen molar-refractivity contribution in [1.82, 2.24) is 24.8 Å². The van der Waals surface area contributed by atoms with Gasteiger partial charge in [-0.05, 0) is 38.4 Å². The number of carbonyl (C=O) groups excluding carboxylic acids is 1. The number of hydrogen-bond acceptors (Lipinski definition) is 9. The predicted octanol–water partition coefficient (Wildman–Crippen LogP) is 3.96. The van der Waals surface area contributed by atoms with E-state index in [2.05, 4.69) is 46.9 Å². The van der Waals surface area contributed by atoms with Gasteiger partial charge in [-0.25, -0.2) is 9.97 Å². The highest BCUT2D eigenvalue weighted by Crippen LogP contribution is 2.38. The fourth-order valence-corrected chi connectivity index (χ4v) is 3.73. The van der Waals surface area contributed by atoms with E-state index in [4.69, 9.17) is 4.74 Å². The van der Waals surface area contributed by atoms with Gasteiger partial charge in [-0.2, -0.15) is 4.98 Å². The van der Waals surface area contributed by atoms with Gasteiger partial charge in [-0.1, -0.05) is 24.8 Å². The van der Waals surface area contributed by atoms with Gasteiger partial charge in [0, 0.05) is 43.4 Å². The summed E-state index contributed by atoms with van der Waals surface area (Å²) in [7, 11) is 7.58. The van der Waals surface area contributed by atoms with Crippen LogP contribution < -0.4 is 20.3 Å². The average Bonchev–Trinajstić information content (AvgIpc) is 2.91. The largest absolute Gasteiger partial charge is 0.494 e. The lowest BCUT2D eigenvalue weighted by Crippen LogP contribution is -2.29. The normalized spacial score (nSPS) is 10.8. The topological polar surface area (TPSA) is 108 Å². The minimum absolute atomic E-state index is 0.314. The molecule has 0 unspecified atom stereocenters. The van der Waals surface area contributed by atoms with E-state index in [0.29, 0.717) is 28.9 Å². The van der Waals surface area contributed by atoms with Crippen LogP contribution >= 0.6 is 0 Å². The lowest BCUT2D eigenvalue weighted by atomic mass is 10.1. The summed E-state index contributed by atoms with van der Waals surface area (Å²) in [5.41, 5.74) is 3.67. The van der Waals surface area contributed by atoms with Gasteiger partial charge in [0.15, 0.2) is 5.82 Å². The second kappa shape index (κ2) is 11.4. The number of nitrogens with one attached hydrogen (secondary N) is 2. The minimum Gasteiger partial charge on any atom is -0.494 e. The second-order valence-corrected chi connectivity index (χ2v) is 8.66. The number of amides is 1. The highest BCUT2D eigenvalue weighted by Gasteiger charge is 2.17. The summed E-state index contributed by atoms with van der Waals surface area (Å²) in [6.45, 7) is 5.15. The number of anilines is 4. The minimum atomic E-state index is -0.314. The van der Waals surface area contributed by atoms with Gasteiger partial charge in [0.2, 0.25) is 11.9 Å². The molecule has 10 heteroatoms. The van der Waals surface area contributed by atoms with E-state index in [1.54, 1.807) is 19.4 Å². The molecule has 0 saturated heterocycles. The smallest absolute Gasteiger partial charge is 0.247 e. The Balaban J connectivity index is 1.67. The third-order valence-electron chi connectivity index (χ3n) is 5.74. The fourth-order valence-electron chi connectivity index (χ4n) is 3.73. The molecule has 2 heterocycles. The van der Waals surface area contributed by atoms with Crippen LogP contribution in [0.1, 0.15) is 0 Å². The summed E-state index contributed by atoms with van der Waals surface area (Å²) in [4.78, 5) is 34.0. The molecule has 2 aromatic carbocycles. The van der Waals surface area contributed by atoms with Crippen molar-refractivity contribution in [1.29, 1.82) is 0 Å². The summed E-state index contributed by atoms with van der Waals surface area (Å²) < 4.78 is 5.67. The van der Waals surface area contributed by atoms with E-state index in [1.807, 2.05) is 57.5 Å². The number of benzene rings is 2. The maximum Gasteiger partial charge on any atom is 0.247 e. The van der Waals surface area contributed by atoms with E-state index in [-0.39, 0.29) is 5.91 Å². The molecule has 0 atom stereocenters. The van der Waals surface area contributed by atoms with Crippen molar-refractivity contribution in [2.45, 2.75) is 0 Å². The van der Waals surface area contributed by atoms with Gasteiger partial charge in [0.25, 0.3) is 0 Å². The second-order valence-electron chi connectivity index (χ2n) is 8.66. The van der Waals surface area contributed by atoms with E-state index < -0.39 is 0 Å². The summed E-state index contributed by atoms with van der Waals surface area (Å²) in [6.07, 6.45) is 4.43. The summed E-state index contributed by atoms with van der Waals surface area (Å²) in [6, 6.07) is 13.4. The highest BCUT2D eigenvalue weighted by molar-refractivity contribution is 6.02. The zero-order chi connectivity index (χ0) is 26.4. The number of rotatable bonds is 10. The van der Waals surface area contributed by atoms with Crippen LogP contribution in [0.5, 0.6) is 5.75 Å². The first-order valence-electron chi connectivity index (χ1n) is 11.7. The molecule has 0 aliphatic rings. The summed E-state index contributed by atoms with van der Waals surface area (Å²) in [5.74, 6) is 1.09. The third kappa shape index (κ3) is 6.17. The van der Waals surface area contributed by atoms with Crippen LogP contribution in [0.25, 0.3) is 22.3 Å². The van der Waals surface area contributed by atoms with Crippen molar-refractivity contribution >= 4 is 39.8 Å². The number of hydrogen-bond donors (Lipinski definition) is 2. The number of fused-ring (bicyclic) bond motifs is 1. The molecule has 10 nitrogen and oxygen atoms in total. The number of pyridine rings is 1. The zero-order valence-corrected chi connectivity index (χ0v) is 21.4. The van der Waals surface area contributed by atoms with Crippen molar-refractivity contribution in [3.05, 3.63) is 67.6 Å². The van der Waals surface area contributed by atoms with Gasteiger partial charge in [0.1, 0.15) is 12.1 Å². The first-order chi connectivity index (χ1) is 17.9. The van der Waals surface area contributed by atoms with Gasteiger partial charge in [0.05, 0.1) is 29.7 Å². The van der Waals surface area contributed by atoms with Crippen LogP contribution in [0.3, 0.4) is 0 Å². The monoisotopic (exact) mass is 498 g/mol. The standard InChI is InChI=1S/C27H30N8O2/c1-6-25(36)31-21-15-22(24(37-5)16-23(21)35(4)13-12-34(2)3)32-27-30-17-29-26(33-27)19-10-9-18-8-7-11-28-20(18)14-19/h6-11,14-17H,1,12-13H2,2-5H3,(H,31,36)(H,29,30,32,33). The van der Waals surface area contributed by atoms with E-state index in [9.17, 15) is 4.79 Å². The van der Waals surface area contributed by atoms with Crippen molar-refractivity contribution in [3.63, 3.8) is 0 Å². The molecule has 0 radical (unpaired) electrons. The lowest BCUT2D eigenvalue weighted by Gasteiger charge is -2.25. The SMILES string of the molecule is C=CC(=O)Nc1cc(Nc2ncnc(-c3ccc4cccnc4c3)n2)c(OC)cc1N(C)CCN(C)C.